The minimum absolute atomic E-state index is 0.233. The van der Waals surface area contributed by atoms with E-state index in [4.69, 9.17) is 19.9 Å². The molecular formula is C25H30N2O4. The normalized spacial score (nSPS) is 16.2. The molecule has 31 heavy (non-hydrogen) atoms. The fourth-order valence-corrected chi connectivity index (χ4v) is 3.11. The second-order valence-electron chi connectivity index (χ2n) is 8.45. The van der Waals surface area contributed by atoms with Crippen LogP contribution in [-0.2, 0) is 20.8 Å². The van der Waals surface area contributed by atoms with Crippen molar-refractivity contribution in [2.45, 2.75) is 58.5 Å². The highest BCUT2D eigenvalue weighted by molar-refractivity contribution is 5.89. The lowest BCUT2D eigenvalue weighted by atomic mass is 10.0. The van der Waals surface area contributed by atoms with Gasteiger partial charge in [-0.2, -0.15) is 0 Å². The van der Waals surface area contributed by atoms with Gasteiger partial charge in [-0.3, -0.25) is 5.32 Å². The van der Waals surface area contributed by atoms with Crippen LogP contribution in [0.1, 0.15) is 56.7 Å². The standard InChI is InChI=1S/C25H30N2O4/c1-25(2,3)31-24(28)27-22-16-20(17-30-23-11-7-8-14-29-23)19(15-21(22)26)13-12-18-9-5-4-6-10-18/h4-6,9-10,15-16,23H,7-8,11,14,17,26H2,1-3H3,(H,27,28). The first-order chi connectivity index (χ1) is 14.8. The average molecular weight is 423 g/mol. The molecule has 6 nitrogen and oxygen atoms in total. The molecule has 0 bridgehead atoms. The lowest BCUT2D eigenvalue weighted by Crippen LogP contribution is -2.27. The highest BCUT2D eigenvalue weighted by Gasteiger charge is 2.19. The fourth-order valence-electron chi connectivity index (χ4n) is 3.11. The van der Waals surface area contributed by atoms with Gasteiger partial charge in [0, 0.05) is 17.7 Å². The van der Waals surface area contributed by atoms with Crippen molar-refractivity contribution in [3.05, 3.63) is 59.2 Å². The molecule has 2 aromatic carbocycles. The van der Waals surface area contributed by atoms with Gasteiger partial charge in [-0.05, 0) is 69.9 Å². The van der Waals surface area contributed by atoms with Crippen molar-refractivity contribution in [2.24, 2.45) is 0 Å². The molecule has 1 fully saturated rings. The molecule has 3 N–H and O–H groups in total. The van der Waals surface area contributed by atoms with E-state index in [1.54, 1.807) is 12.1 Å². The molecule has 164 valence electrons. The summed E-state index contributed by atoms with van der Waals surface area (Å²) in [6, 6.07) is 13.3. The smallest absolute Gasteiger partial charge is 0.412 e. The van der Waals surface area contributed by atoms with E-state index in [0.29, 0.717) is 24.6 Å². The molecule has 2 aromatic rings. The molecule has 0 saturated carbocycles. The monoisotopic (exact) mass is 422 g/mol. The summed E-state index contributed by atoms with van der Waals surface area (Å²) in [5.74, 6) is 6.34. The molecular weight excluding hydrogens is 392 g/mol. The number of hydrogen-bond donors (Lipinski definition) is 2. The number of benzene rings is 2. The molecule has 1 heterocycles. The number of nitrogens with one attached hydrogen (secondary N) is 1. The molecule has 0 spiro atoms. The van der Waals surface area contributed by atoms with Crippen LogP contribution in [0, 0.1) is 11.8 Å². The number of hydrogen-bond acceptors (Lipinski definition) is 5. The van der Waals surface area contributed by atoms with Crippen molar-refractivity contribution >= 4 is 17.5 Å². The third kappa shape index (κ3) is 7.32. The molecule has 1 atom stereocenters. The summed E-state index contributed by atoms with van der Waals surface area (Å²) < 4.78 is 17.0. The Morgan fingerprint density at radius 3 is 2.65 bits per heavy atom. The van der Waals surface area contributed by atoms with Gasteiger partial charge < -0.3 is 19.9 Å². The number of anilines is 2. The topological polar surface area (TPSA) is 82.8 Å². The van der Waals surface area contributed by atoms with E-state index in [0.717, 1.165) is 36.0 Å². The van der Waals surface area contributed by atoms with Gasteiger partial charge in [-0.25, -0.2) is 4.79 Å². The molecule has 0 radical (unpaired) electrons. The quantitative estimate of drug-likeness (QED) is 0.532. The first kappa shape index (κ1) is 22.7. The van der Waals surface area contributed by atoms with E-state index in [9.17, 15) is 4.79 Å². The van der Waals surface area contributed by atoms with Gasteiger partial charge in [0.15, 0.2) is 6.29 Å². The Balaban J connectivity index is 1.84. The molecule has 3 rings (SSSR count). The summed E-state index contributed by atoms with van der Waals surface area (Å²) >= 11 is 0. The predicted molar refractivity (Wildman–Crippen MR) is 122 cm³/mol. The van der Waals surface area contributed by atoms with Crippen LogP contribution in [0.25, 0.3) is 0 Å². The Kier molecular flexibility index (Phi) is 7.56. The Morgan fingerprint density at radius 1 is 1.19 bits per heavy atom. The van der Waals surface area contributed by atoms with E-state index in [1.165, 1.54) is 0 Å². The van der Waals surface area contributed by atoms with Crippen molar-refractivity contribution in [1.82, 2.24) is 0 Å². The van der Waals surface area contributed by atoms with Gasteiger partial charge in [0.2, 0.25) is 0 Å². The summed E-state index contributed by atoms with van der Waals surface area (Å²) in [6.45, 7) is 6.43. The van der Waals surface area contributed by atoms with Crippen LogP contribution in [0.3, 0.4) is 0 Å². The van der Waals surface area contributed by atoms with Gasteiger partial charge >= 0.3 is 6.09 Å². The maximum Gasteiger partial charge on any atom is 0.412 e. The van der Waals surface area contributed by atoms with Crippen LogP contribution in [0.5, 0.6) is 0 Å². The SMILES string of the molecule is CC(C)(C)OC(=O)Nc1cc(COC2CCCCO2)c(C#Cc2ccccc2)cc1N. The predicted octanol–water partition coefficient (Wildman–Crippen LogP) is 5.06. The van der Waals surface area contributed by atoms with Crippen LogP contribution in [0.4, 0.5) is 16.2 Å². The molecule has 0 aliphatic carbocycles. The van der Waals surface area contributed by atoms with Gasteiger partial charge in [0.05, 0.1) is 18.0 Å². The third-order valence-corrected chi connectivity index (χ3v) is 4.59. The number of nitrogens with two attached hydrogens (primary N) is 1. The molecule has 6 heteroatoms. The Bertz CT molecular complexity index is 949. The zero-order valence-corrected chi connectivity index (χ0v) is 18.4. The van der Waals surface area contributed by atoms with Crippen LogP contribution >= 0.6 is 0 Å². The highest BCUT2D eigenvalue weighted by Crippen LogP contribution is 2.26. The van der Waals surface area contributed by atoms with Gasteiger partial charge in [0.1, 0.15) is 5.60 Å². The number of carbonyl (C=O) groups is 1. The van der Waals surface area contributed by atoms with Crippen molar-refractivity contribution < 1.29 is 19.0 Å². The molecule has 1 amide bonds. The Hall–Kier alpha value is -3.01. The molecule has 1 aliphatic heterocycles. The zero-order chi connectivity index (χ0) is 22.3. The fraction of sp³-hybridized carbons (Fsp3) is 0.400. The number of nitrogen functional groups attached to an aromatic ring is 1. The van der Waals surface area contributed by atoms with E-state index in [2.05, 4.69) is 17.2 Å². The van der Waals surface area contributed by atoms with Crippen molar-refractivity contribution in [3.8, 4) is 11.8 Å². The minimum atomic E-state index is -0.607. The van der Waals surface area contributed by atoms with E-state index < -0.39 is 11.7 Å². The van der Waals surface area contributed by atoms with Gasteiger partial charge in [-0.1, -0.05) is 30.0 Å². The van der Waals surface area contributed by atoms with Crippen molar-refractivity contribution in [3.63, 3.8) is 0 Å². The largest absolute Gasteiger partial charge is 0.444 e. The van der Waals surface area contributed by atoms with Gasteiger partial charge in [0.25, 0.3) is 0 Å². The highest BCUT2D eigenvalue weighted by atomic mass is 16.7. The second-order valence-corrected chi connectivity index (χ2v) is 8.45. The number of amides is 1. The molecule has 1 aliphatic rings. The second kappa shape index (κ2) is 10.3. The summed E-state index contributed by atoms with van der Waals surface area (Å²) in [5, 5.41) is 2.72. The summed E-state index contributed by atoms with van der Waals surface area (Å²) in [6.07, 6.45) is 2.20. The number of ether oxygens (including phenoxy) is 3. The lowest BCUT2D eigenvalue weighted by molar-refractivity contribution is -0.168. The van der Waals surface area contributed by atoms with Crippen LogP contribution in [0.15, 0.2) is 42.5 Å². The molecule has 1 unspecified atom stereocenters. The van der Waals surface area contributed by atoms with Crippen LogP contribution < -0.4 is 11.1 Å². The van der Waals surface area contributed by atoms with Crippen molar-refractivity contribution in [2.75, 3.05) is 17.7 Å². The summed E-state index contributed by atoms with van der Waals surface area (Å²) in [4.78, 5) is 12.2. The van der Waals surface area contributed by atoms with Crippen molar-refractivity contribution in [1.29, 1.82) is 0 Å². The Morgan fingerprint density at radius 2 is 1.97 bits per heavy atom. The van der Waals surface area contributed by atoms with E-state index in [-0.39, 0.29) is 6.29 Å². The maximum atomic E-state index is 12.2. The van der Waals surface area contributed by atoms with Crippen LogP contribution in [0.2, 0.25) is 0 Å². The first-order valence-corrected chi connectivity index (χ1v) is 10.5. The molecule has 1 saturated heterocycles. The maximum absolute atomic E-state index is 12.2. The van der Waals surface area contributed by atoms with Crippen LogP contribution in [-0.4, -0.2) is 24.6 Å². The van der Waals surface area contributed by atoms with Gasteiger partial charge in [-0.15, -0.1) is 0 Å². The number of carbonyl (C=O) groups excluding carboxylic acids is 1. The minimum Gasteiger partial charge on any atom is -0.444 e. The Labute approximate surface area is 184 Å². The molecule has 0 aromatic heterocycles. The van der Waals surface area contributed by atoms with E-state index >= 15 is 0 Å². The average Bonchev–Trinajstić information content (AvgIpc) is 2.73. The lowest BCUT2D eigenvalue weighted by Gasteiger charge is -2.23. The zero-order valence-electron chi connectivity index (χ0n) is 18.4. The summed E-state index contributed by atoms with van der Waals surface area (Å²) in [7, 11) is 0. The summed E-state index contributed by atoms with van der Waals surface area (Å²) in [5.41, 5.74) is 8.93. The third-order valence-electron chi connectivity index (χ3n) is 4.59. The first-order valence-electron chi connectivity index (χ1n) is 10.5. The number of rotatable bonds is 4. The van der Waals surface area contributed by atoms with E-state index in [1.807, 2.05) is 51.1 Å².